The van der Waals surface area contributed by atoms with Crippen molar-refractivity contribution in [1.82, 2.24) is 0 Å². The minimum Gasteiger partial charge on any atom is -0.472 e. The molecule has 1 aromatic rings. The molecule has 0 bridgehead atoms. The second-order valence-electron chi connectivity index (χ2n) is 2.69. The van der Waals surface area contributed by atoms with Crippen LogP contribution in [-0.4, -0.2) is 25.5 Å². The maximum atomic E-state index is 11.2. The fraction of sp³-hybridized carbons (Fsp3) is 0.444. The van der Waals surface area contributed by atoms with E-state index in [0.29, 0.717) is 19.6 Å². The maximum absolute atomic E-state index is 11.2. The van der Waals surface area contributed by atoms with Crippen molar-refractivity contribution in [2.24, 2.45) is 5.73 Å². The highest BCUT2D eigenvalue weighted by molar-refractivity contribution is 5.81. The number of carbonyl (C=O) groups excluding carboxylic acids is 1. The van der Waals surface area contributed by atoms with Gasteiger partial charge in [-0.3, -0.25) is 4.79 Å². The van der Waals surface area contributed by atoms with Crippen LogP contribution in [0.5, 0.6) is 0 Å². The molecule has 2 N–H and O–H groups in total. The summed E-state index contributed by atoms with van der Waals surface area (Å²) in [5, 5.41) is 0. The molecule has 0 radical (unpaired) electrons. The van der Waals surface area contributed by atoms with E-state index < -0.39 is 0 Å². The number of hydrogen-bond acceptors (Lipinski definition) is 4. The van der Waals surface area contributed by atoms with Gasteiger partial charge in [-0.2, -0.15) is 0 Å². The highest BCUT2D eigenvalue weighted by Crippen LogP contribution is 2.01. The van der Waals surface area contributed by atoms with E-state index in [1.54, 1.807) is 18.6 Å². The average Bonchev–Trinajstić information content (AvgIpc) is 2.57. The van der Waals surface area contributed by atoms with Crippen LogP contribution < -0.4 is 5.73 Å². The Morgan fingerprint density at radius 3 is 3.08 bits per heavy atom. The largest absolute Gasteiger partial charge is 0.472 e. The Bertz CT molecular complexity index is 243. The molecule has 0 fully saturated rings. The van der Waals surface area contributed by atoms with Crippen LogP contribution in [0.15, 0.2) is 23.0 Å². The molecule has 1 rings (SSSR count). The molecule has 1 aromatic heterocycles. The molecular formula is C9H13NO3. The first-order chi connectivity index (χ1) is 6.33. The third-order valence-corrected chi connectivity index (χ3v) is 1.51. The van der Waals surface area contributed by atoms with Crippen LogP contribution in [0.3, 0.4) is 0 Å². The molecule has 0 unspecified atom stereocenters. The van der Waals surface area contributed by atoms with Gasteiger partial charge in [-0.05, 0) is 11.6 Å². The zero-order chi connectivity index (χ0) is 9.52. The highest BCUT2D eigenvalue weighted by atomic mass is 16.5. The number of furan rings is 1. The van der Waals surface area contributed by atoms with E-state index >= 15 is 0 Å². The van der Waals surface area contributed by atoms with Crippen LogP contribution in [0, 0.1) is 0 Å². The van der Waals surface area contributed by atoms with Crippen molar-refractivity contribution in [1.29, 1.82) is 0 Å². The molecule has 0 aliphatic carbocycles. The summed E-state index contributed by atoms with van der Waals surface area (Å²) in [6, 6.07) is 1.76. The van der Waals surface area contributed by atoms with Gasteiger partial charge in [0.25, 0.3) is 0 Å². The summed E-state index contributed by atoms with van der Waals surface area (Å²) in [5.41, 5.74) is 6.08. The van der Waals surface area contributed by atoms with Crippen LogP contribution in [0.4, 0.5) is 0 Å². The number of hydrogen-bond donors (Lipinski definition) is 1. The van der Waals surface area contributed by atoms with Crippen molar-refractivity contribution in [2.75, 3.05) is 19.8 Å². The summed E-state index contributed by atoms with van der Waals surface area (Å²) >= 11 is 0. The van der Waals surface area contributed by atoms with E-state index in [2.05, 4.69) is 0 Å². The molecule has 13 heavy (non-hydrogen) atoms. The van der Waals surface area contributed by atoms with Crippen LogP contribution in [0.1, 0.15) is 5.56 Å². The molecule has 72 valence electrons. The van der Waals surface area contributed by atoms with Gasteiger partial charge in [-0.15, -0.1) is 0 Å². The van der Waals surface area contributed by atoms with E-state index in [9.17, 15) is 4.79 Å². The van der Waals surface area contributed by atoms with E-state index in [-0.39, 0.29) is 12.4 Å². The first-order valence-corrected chi connectivity index (χ1v) is 4.13. The van der Waals surface area contributed by atoms with Gasteiger partial charge in [0.1, 0.15) is 6.61 Å². The summed E-state index contributed by atoms with van der Waals surface area (Å²) in [7, 11) is 0. The van der Waals surface area contributed by atoms with Gasteiger partial charge in [0.05, 0.1) is 19.1 Å². The molecule has 0 aromatic carbocycles. The van der Waals surface area contributed by atoms with Crippen molar-refractivity contribution < 1.29 is 13.9 Å². The number of carbonyl (C=O) groups is 1. The molecule has 4 heteroatoms. The Morgan fingerprint density at radius 2 is 2.46 bits per heavy atom. The summed E-state index contributed by atoms with van der Waals surface area (Å²) in [5.74, 6) is 0.0369. The fourth-order valence-corrected chi connectivity index (χ4v) is 0.941. The molecule has 0 saturated carbocycles. The lowest BCUT2D eigenvalue weighted by atomic mass is 10.2. The molecule has 4 nitrogen and oxygen atoms in total. The fourth-order valence-electron chi connectivity index (χ4n) is 0.941. The standard InChI is InChI=1S/C9H13NO3/c10-2-4-13-7-9(11)5-8-1-3-12-6-8/h1,3,6H,2,4-5,7,10H2. The molecule has 0 atom stereocenters. The predicted octanol–water partition coefficient (Wildman–Crippen LogP) is 0.366. The SMILES string of the molecule is NCCOCC(=O)Cc1ccoc1. The zero-order valence-corrected chi connectivity index (χ0v) is 7.36. The lowest BCUT2D eigenvalue weighted by Gasteiger charge is -1.99. The number of ketones is 1. The van der Waals surface area contributed by atoms with E-state index in [4.69, 9.17) is 14.9 Å². The Balaban J connectivity index is 2.18. The molecule has 0 amide bonds. The summed E-state index contributed by atoms with van der Waals surface area (Å²) in [6.45, 7) is 0.999. The van der Waals surface area contributed by atoms with Gasteiger partial charge >= 0.3 is 0 Å². The monoisotopic (exact) mass is 183 g/mol. The lowest BCUT2D eigenvalue weighted by Crippen LogP contribution is -2.15. The van der Waals surface area contributed by atoms with E-state index in [1.807, 2.05) is 0 Å². The zero-order valence-electron chi connectivity index (χ0n) is 7.36. The van der Waals surface area contributed by atoms with Crippen molar-refractivity contribution in [3.05, 3.63) is 24.2 Å². The van der Waals surface area contributed by atoms with Gasteiger partial charge in [0, 0.05) is 13.0 Å². The van der Waals surface area contributed by atoms with Crippen molar-refractivity contribution in [2.45, 2.75) is 6.42 Å². The Morgan fingerprint density at radius 1 is 1.62 bits per heavy atom. The first-order valence-electron chi connectivity index (χ1n) is 4.13. The summed E-state index contributed by atoms with van der Waals surface area (Å²) < 4.78 is 9.82. The molecule has 0 aliphatic heterocycles. The van der Waals surface area contributed by atoms with Gasteiger partial charge in [0.2, 0.25) is 0 Å². The second kappa shape index (κ2) is 5.50. The van der Waals surface area contributed by atoms with E-state index in [0.717, 1.165) is 5.56 Å². The van der Waals surface area contributed by atoms with Crippen LogP contribution in [0.25, 0.3) is 0 Å². The molecule has 1 heterocycles. The van der Waals surface area contributed by atoms with Crippen molar-refractivity contribution in [3.63, 3.8) is 0 Å². The van der Waals surface area contributed by atoms with Crippen LogP contribution in [0.2, 0.25) is 0 Å². The minimum absolute atomic E-state index is 0.0369. The Labute approximate surface area is 76.7 Å². The quantitative estimate of drug-likeness (QED) is 0.647. The topological polar surface area (TPSA) is 65.5 Å². The third-order valence-electron chi connectivity index (χ3n) is 1.51. The van der Waals surface area contributed by atoms with Crippen LogP contribution >= 0.6 is 0 Å². The number of rotatable bonds is 6. The normalized spacial score (nSPS) is 10.2. The smallest absolute Gasteiger partial charge is 0.162 e. The second-order valence-corrected chi connectivity index (χ2v) is 2.69. The molecule has 0 aliphatic rings. The molecular weight excluding hydrogens is 170 g/mol. The van der Waals surface area contributed by atoms with Gasteiger partial charge in [-0.1, -0.05) is 0 Å². The van der Waals surface area contributed by atoms with Gasteiger partial charge in [-0.25, -0.2) is 0 Å². The minimum atomic E-state index is 0.0369. The summed E-state index contributed by atoms with van der Waals surface area (Å²) in [4.78, 5) is 11.2. The highest BCUT2D eigenvalue weighted by Gasteiger charge is 2.04. The first kappa shape index (κ1) is 9.95. The maximum Gasteiger partial charge on any atom is 0.162 e. The van der Waals surface area contributed by atoms with Crippen LogP contribution in [-0.2, 0) is 16.0 Å². The number of ether oxygens (including phenoxy) is 1. The third kappa shape index (κ3) is 3.87. The number of nitrogens with two attached hydrogens (primary N) is 1. The lowest BCUT2D eigenvalue weighted by molar-refractivity contribution is -0.122. The van der Waals surface area contributed by atoms with E-state index in [1.165, 1.54) is 0 Å². The molecule has 0 spiro atoms. The van der Waals surface area contributed by atoms with Crippen molar-refractivity contribution >= 4 is 5.78 Å². The van der Waals surface area contributed by atoms with Gasteiger partial charge in [0.15, 0.2) is 5.78 Å². The summed E-state index contributed by atoms with van der Waals surface area (Å²) in [6.07, 6.45) is 3.46. The average molecular weight is 183 g/mol. The Hall–Kier alpha value is -1.13. The molecule has 0 saturated heterocycles. The Kier molecular flexibility index (Phi) is 4.21. The van der Waals surface area contributed by atoms with Crippen molar-refractivity contribution in [3.8, 4) is 0 Å². The van der Waals surface area contributed by atoms with Gasteiger partial charge < -0.3 is 14.9 Å². The number of Topliss-reactive ketones (excluding diaryl/α,β-unsaturated/α-hetero) is 1. The predicted molar refractivity (Wildman–Crippen MR) is 47.3 cm³/mol.